The molecule has 5 N–H and O–H groups in total. The summed E-state index contributed by atoms with van der Waals surface area (Å²) in [5.74, 6) is 0.180. The van der Waals surface area contributed by atoms with Gasteiger partial charge in [0.25, 0.3) is 20.2 Å². The average Bonchev–Trinajstić information content (AvgIpc) is 3.21. The van der Waals surface area contributed by atoms with Gasteiger partial charge in [-0.1, -0.05) is 0 Å². The smallest absolute Gasteiger partial charge is 0.357 e. The Morgan fingerprint density at radius 2 is 1.57 bits per heavy atom. The van der Waals surface area contributed by atoms with E-state index in [1.54, 1.807) is 0 Å². The van der Waals surface area contributed by atoms with Crippen molar-refractivity contribution < 1.29 is 38.9 Å². The predicted molar refractivity (Wildman–Crippen MR) is 102 cm³/mol. The van der Waals surface area contributed by atoms with Crippen LogP contribution >= 0.6 is 0 Å². The molecule has 0 saturated heterocycles. The fraction of sp³-hybridized carbons (Fsp3) is 0. The molecule has 2 aromatic heterocycles. The third kappa shape index (κ3) is 3.78. The highest BCUT2D eigenvalue weighted by Gasteiger charge is 2.24. The Kier molecular flexibility index (Phi) is 4.64. The number of benzene rings is 2. The summed E-state index contributed by atoms with van der Waals surface area (Å²) < 4.78 is 89.1. The SMILES string of the molecule is O=S(O)Oc1ccc2nc(-c3nc4c(S(=O)(=O)O)cc(S(=O)(=O)O)cc4[nH]3)[nH]c2c1. The molecule has 4 aromatic rings. The summed E-state index contributed by atoms with van der Waals surface area (Å²) in [5.41, 5.74) is 0.421. The Hall–Kier alpha value is -2.89. The molecule has 0 fully saturated rings. The fourth-order valence-corrected chi connectivity index (χ4v) is 4.31. The molecule has 0 radical (unpaired) electrons. The molecular weight excluding hydrogens is 464 g/mol. The molecule has 0 aliphatic carbocycles. The largest absolute Gasteiger partial charge is 0.380 e. The molecule has 158 valence electrons. The lowest BCUT2D eigenvalue weighted by atomic mass is 10.3. The fourth-order valence-electron chi connectivity index (χ4n) is 2.75. The summed E-state index contributed by atoms with van der Waals surface area (Å²) in [7, 11) is -9.65. The normalized spacial score (nSPS) is 13.7. The molecule has 0 aliphatic heterocycles. The zero-order valence-electron chi connectivity index (χ0n) is 14.3. The maximum Gasteiger partial charge on any atom is 0.357 e. The average molecular weight is 474 g/mol. The van der Waals surface area contributed by atoms with Crippen LogP contribution in [0.5, 0.6) is 5.75 Å². The lowest BCUT2D eigenvalue weighted by Crippen LogP contribution is -2.04. The molecule has 1 atom stereocenters. The van der Waals surface area contributed by atoms with Crippen LogP contribution in [0.1, 0.15) is 0 Å². The van der Waals surface area contributed by atoms with E-state index in [4.69, 9.17) is 4.55 Å². The zero-order valence-corrected chi connectivity index (χ0v) is 16.7. The number of imidazole rings is 2. The van der Waals surface area contributed by atoms with Crippen molar-refractivity contribution in [3.63, 3.8) is 0 Å². The Labute approximate surface area is 170 Å². The number of H-pyrrole nitrogens is 2. The Morgan fingerprint density at radius 1 is 0.900 bits per heavy atom. The predicted octanol–water partition coefficient (Wildman–Crippen LogP) is 1.12. The van der Waals surface area contributed by atoms with Gasteiger partial charge in [0.15, 0.2) is 11.6 Å². The summed E-state index contributed by atoms with van der Waals surface area (Å²) in [5, 5.41) is 0. The number of hydrogen-bond donors (Lipinski definition) is 5. The molecular formula is C14H10N4O9S3. The lowest BCUT2D eigenvalue weighted by molar-refractivity contribution is 0.458. The second kappa shape index (κ2) is 6.83. The van der Waals surface area contributed by atoms with Gasteiger partial charge in [0.05, 0.1) is 21.4 Å². The van der Waals surface area contributed by atoms with Gasteiger partial charge in [0.1, 0.15) is 16.2 Å². The van der Waals surface area contributed by atoms with E-state index in [0.29, 0.717) is 17.1 Å². The van der Waals surface area contributed by atoms with Gasteiger partial charge in [-0.25, -0.2) is 9.97 Å². The van der Waals surface area contributed by atoms with E-state index in [1.807, 2.05) is 0 Å². The maximum atomic E-state index is 11.7. The molecule has 13 nitrogen and oxygen atoms in total. The van der Waals surface area contributed by atoms with Crippen molar-refractivity contribution >= 4 is 53.7 Å². The second-order valence-electron chi connectivity index (χ2n) is 5.92. The molecule has 0 bridgehead atoms. The van der Waals surface area contributed by atoms with Gasteiger partial charge in [-0.2, -0.15) is 21.0 Å². The Bertz CT molecular complexity index is 1550. The molecule has 0 amide bonds. The molecule has 0 spiro atoms. The monoisotopic (exact) mass is 474 g/mol. The third-order valence-corrected chi connectivity index (χ3v) is 5.98. The van der Waals surface area contributed by atoms with Crippen molar-refractivity contribution in [2.24, 2.45) is 0 Å². The van der Waals surface area contributed by atoms with E-state index in [-0.39, 0.29) is 28.4 Å². The highest BCUT2D eigenvalue weighted by molar-refractivity contribution is 7.86. The standard InChI is InChI=1S/C14H10N4O9S3/c19-28(20)27-6-1-2-8-9(3-6)16-13(15-8)14-17-10-4-7(29(21,22)23)5-11(12(10)18-14)30(24,25)26/h1-5H,(H,15,16)(H,17,18)(H,19,20)(H,21,22,23)(H,24,25,26). The number of fused-ring (bicyclic) bond motifs is 2. The molecule has 4 rings (SSSR count). The summed E-state index contributed by atoms with van der Waals surface area (Å²) >= 11 is -2.52. The lowest BCUT2D eigenvalue weighted by Gasteiger charge is -2.02. The molecule has 0 aliphatic rings. The van der Waals surface area contributed by atoms with Gasteiger partial charge in [-0.3, -0.25) is 13.7 Å². The summed E-state index contributed by atoms with van der Waals surface area (Å²) in [4.78, 5) is 12.2. The van der Waals surface area contributed by atoms with Crippen molar-refractivity contribution in [2.75, 3.05) is 0 Å². The molecule has 2 heterocycles. The highest BCUT2D eigenvalue weighted by Crippen LogP contribution is 2.29. The van der Waals surface area contributed by atoms with E-state index in [2.05, 4.69) is 24.1 Å². The van der Waals surface area contributed by atoms with Gasteiger partial charge in [-0.15, -0.1) is 0 Å². The maximum absolute atomic E-state index is 11.7. The molecule has 30 heavy (non-hydrogen) atoms. The molecule has 2 aromatic carbocycles. The van der Waals surface area contributed by atoms with Crippen molar-refractivity contribution in [1.29, 1.82) is 0 Å². The van der Waals surface area contributed by atoms with E-state index in [9.17, 15) is 30.1 Å². The van der Waals surface area contributed by atoms with E-state index >= 15 is 0 Å². The number of hydrogen-bond acceptors (Lipinski definition) is 8. The topological polar surface area (TPSA) is 213 Å². The van der Waals surface area contributed by atoms with Gasteiger partial charge in [-0.05, 0) is 24.3 Å². The van der Waals surface area contributed by atoms with Crippen molar-refractivity contribution in [2.45, 2.75) is 9.79 Å². The summed E-state index contributed by atoms with van der Waals surface area (Å²) in [6.07, 6.45) is 0. The minimum absolute atomic E-state index is 0.00760. The number of aromatic amines is 2. The van der Waals surface area contributed by atoms with Crippen LogP contribution in [0.15, 0.2) is 40.1 Å². The number of nitrogens with one attached hydrogen (secondary N) is 2. The van der Waals surface area contributed by atoms with Crippen LogP contribution in [0.4, 0.5) is 0 Å². The Morgan fingerprint density at radius 3 is 2.20 bits per heavy atom. The van der Waals surface area contributed by atoms with E-state index < -0.39 is 41.4 Å². The quantitative estimate of drug-likeness (QED) is 0.204. The second-order valence-corrected chi connectivity index (χ2v) is 9.33. The molecule has 0 saturated carbocycles. The minimum Gasteiger partial charge on any atom is -0.380 e. The number of rotatable bonds is 5. The van der Waals surface area contributed by atoms with Gasteiger partial charge in [0, 0.05) is 6.07 Å². The van der Waals surface area contributed by atoms with Gasteiger partial charge >= 0.3 is 11.4 Å². The summed E-state index contributed by atoms with van der Waals surface area (Å²) in [6.45, 7) is 0. The number of nitrogens with zero attached hydrogens (tertiary/aromatic N) is 2. The highest BCUT2D eigenvalue weighted by atomic mass is 32.2. The van der Waals surface area contributed by atoms with Gasteiger partial charge < -0.3 is 14.2 Å². The number of aromatic nitrogens is 4. The Balaban J connectivity index is 1.90. The first-order chi connectivity index (χ1) is 13.9. The van der Waals surface area contributed by atoms with Crippen LogP contribution in [0.3, 0.4) is 0 Å². The van der Waals surface area contributed by atoms with E-state index in [1.165, 1.54) is 18.2 Å². The van der Waals surface area contributed by atoms with Crippen LogP contribution in [0, 0.1) is 0 Å². The zero-order chi connectivity index (χ0) is 21.8. The first-order valence-electron chi connectivity index (χ1n) is 7.70. The molecule has 16 heteroatoms. The summed E-state index contributed by atoms with van der Waals surface area (Å²) in [6, 6.07) is 5.80. The van der Waals surface area contributed by atoms with Crippen LogP contribution in [0.25, 0.3) is 33.7 Å². The van der Waals surface area contributed by atoms with Crippen LogP contribution in [-0.2, 0) is 31.6 Å². The van der Waals surface area contributed by atoms with Crippen LogP contribution in [0.2, 0.25) is 0 Å². The molecule has 1 unspecified atom stereocenters. The van der Waals surface area contributed by atoms with Crippen molar-refractivity contribution in [1.82, 2.24) is 19.9 Å². The van der Waals surface area contributed by atoms with Crippen LogP contribution < -0.4 is 4.18 Å². The van der Waals surface area contributed by atoms with Crippen molar-refractivity contribution in [3.8, 4) is 17.4 Å². The van der Waals surface area contributed by atoms with Crippen LogP contribution in [-0.4, -0.2) is 54.6 Å². The minimum atomic E-state index is -4.88. The van der Waals surface area contributed by atoms with E-state index in [0.717, 1.165) is 6.07 Å². The van der Waals surface area contributed by atoms with Crippen molar-refractivity contribution in [3.05, 3.63) is 30.3 Å². The third-order valence-electron chi connectivity index (χ3n) is 3.95. The first kappa shape index (κ1) is 20.4. The van der Waals surface area contributed by atoms with Gasteiger partial charge in [0.2, 0.25) is 0 Å². The first-order valence-corrected chi connectivity index (χ1v) is 11.6.